The molecule has 1 heterocycles. The van der Waals surface area contributed by atoms with Crippen LogP contribution in [0.1, 0.15) is 19.7 Å². The first-order valence-corrected chi connectivity index (χ1v) is 6.42. The van der Waals surface area contributed by atoms with Crippen molar-refractivity contribution < 1.29 is 5.11 Å². The first kappa shape index (κ1) is 13.3. The number of rotatable bonds is 4. The molecule has 0 aliphatic rings. The Morgan fingerprint density at radius 1 is 1.50 bits per heavy atom. The van der Waals surface area contributed by atoms with Crippen LogP contribution in [0.5, 0.6) is 0 Å². The van der Waals surface area contributed by atoms with E-state index < -0.39 is 5.60 Å². The molecule has 0 radical (unpaired) electrons. The molecule has 0 aliphatic heterocycles. The van der Waals surface area contributed by atoms with E-state index in [-0.39, 0.29) is 6.54 Å². The third-order valence-corrected chi connectivity index (χ3v) is 3.32. The predicted molar refractivity (Wildman–Crippen MR) is 73.8 cm³/mol. The van der Waals surface area contributed by atoms with E-state index in [9.17, 15) is 5.11 Å². The number of aryl methyl sites for hydroxylation is 1. The largest absolute Gasteiger partial charge is 0.388 e. The number of aliphatic hydroxyl groups is 1. The Bertz CT molecular complexity index is 563. The molecule has 0 amide bonds. The van der Waals surface area contributed by atoms with Gasteiger partial charge in [-0.3, -0.25) is 0 Å². The zero-order chi connectivity index (χ0) is 13.3. The lowest BCUT2D eigenvalue weighted by molar-refractivity contribution is 0.0668. The van der Waals surface area contributed by atoms with Gasteiger partial charge in [-0.25, -0.2) is 4.98 Å². The highest BCUT2D eigenvalue weighted by molar-refractivity contribution is 6.31. The van der Waals surface area contributed by atoms with Gasteiger partial charge in [0.1, 0.15) is 5.82 Å². The Kier molecular flexibility index (Phi) is 3.61. The lowest BCUT2D eigenvalue weighted by Crippen LogP contribution is -2.37. The fourth-order valence-corrected chi connectivity index (χ4v) is 2.22. The Balaban J connectivity index is 2.50. The molecular weight excluding hydrogens is 250 g/mol. The number of imidazole rings is 1. The minimum Gasteiger partial charge on any atom is -0.388 e. The summed E-state index contributed by atoms with van der Waals surface area (Å²) in [7, 11) is 0. The fraction of sp³-hybridized carbons (Fsp3) is 0.462. The number of hydrogen-bond donors (Lipinski definition) is 2. The second-order valence-corrected chi connectivity index (χ2v) is 5.22. The van der Waals surface area contributed by atoms with Crippen molar-refractivity contribution in [1.82, 2.24) is 9.55 Å². The molecule has 0 fully saturated rings. The molecule has 0 bridgehead atoms. The standard InChI is InChI=1S/C13H18ClN3O/c1-3-17-11-5-4-9(14)6-10(11)16-12(17)7-13(2,18)8-15/h4-6,18H,3,7-8,15H2,1-2H3. The summed E-state index contributed by atoms with van der Waals surface area (Å²) >= 11 is 5.97. The molecule has 18 heavy (non-hydrogen) atoms. The fourth-order valence-electron chi connectivity index (χ4n) is 2.05. The van der Waals surface area contributed by atoms with Crippen LogP contribution in [0.4, 0.5) is 0 Å². The molecule has 1 aromatic carbocycles. The topological polar surface area (TPSA) is 64.1 Å². The zero-order valence-corrected chi connectivity index (χ0v) is 11.4. The van der Waals surface area contributed by atoms with E-state index in [1.54, 1.807) is 6.92 Å². The molecule has 0 aliphatic carbocycles. The summed E-state index contributed by atoms with van der Waals surface area (Å²) < 4.78 is 2.08. The molecule has 0 saturated heterocycles. The second-order valence-electron chi connectivity index (χ2n) is 4.78. The number of aromatic nitrogens is 2. The monoisotopic (exact) mass is 267 g/mol. The van der Waals surface area contributed by atoms with E-state index in [0.717, 1.165) is 23.4 Å². The lowest BCUT2D eigenvalue weighted by Gasteiger charge is -2.20. The molecule has 98 valence electrons. The summed E-state index contributed by atoms with van der Waals surface area (Å²) in [5, 5.41) is 10.7. The molecule has 2 rings (SSSR count). The highest BCUT2D eigenvalue weighted by atomic mass is 35.5. The van der Waals surface area contributed by atoms with E-state index in [2.05, 4.69) is 16.5 Å². The minimum atomic E-state index is -0.932. The molecule has 1 atom stereocenters. The molecule has 0 spiro atoms. The summed E-state index contributed by atoms with van der Waals surface area (Å²) in [5.41, 5.74) is 6.51. The first-order chi connectivity index (χ1) is 8.46. The van der Waals surface area contributed by atoms with Crippen LogP contribution in [0.2, 0.25) is 5.02 Å². The molecule has 4 nitrogen and oxygen atoms in total. The Labute approximate surface area is 111 Å². The van der Waals surface area contributed by atoms with Crippen LogP contribution in [0.25, 0.3) is 11.0 Å². The third kappa shape index (κ3) is 2.51. The van der Waals surface area contributed by atoms with Gasteiger partial charge in [0, 0.05) is 24.5 Å². The summed E-state index contributed by atoms with van der Waals surface area (Å²) in [5.74, 6) is 0.838. The molecule has 1 unspecified atom stereocenters. The van der Waals surface area contributed by atoms with Crippen molar-refractivity contribution in [2.24, 2.45) is 5.73 Å². The molecule has 1 aromatic heterocycles. The number of halogens is 1. The second kappa shape index (κ2) is 4.88. The normalized spacial score (nSPS) is 14.9. The van der Waals surface area contributed by atoms with Crippen LogP contribution in [-0.4, -0.2) is 26.8 Å². The zero-order valence-electron chi connectivity index (χ0n) is 10.7. The molecular formula is C13H18ClN3O. The number of nitrogens with zero attached hydrogens (tertiary/aromatic N) is 2. The Morgan fingerprint density at radius 3 is 2.83 bits per heavy atom. The molecule has 3 N–H and O–H groups in total. The SMILES string of the molecule is CCn1c(CC(C)(O)CN)nc2cc(Cl)ccc21. The van der Waals surface area contributed by atoms with Gasteiger partial charge in [0.05, 0.1) is 16.6 Å². The van der Waals surface area contributed by atoms with Gasteiger partial charge in [-0.1, -0.05) is 11.6 Å². The van der Waals surface area contributed by atoms with Gasteiger partial charge in [0.15, 0.2) is 0 Å². The van der Waals surface area contributed by atoms with Crippen LogP contribution in [0.15, 0.2) is 18.2 Å². The average Bonchev–Trinajstić information content (AvgIpc) is 2.64. The summed E-state index contributed by atoms with van der Waals surface area (Å²) in [6.07, 6.45) is 0.434. The van der Waals surface area contributed by atoms with Gasteiger partial charge in [-0.2, -0.15) is 0 Å². The van der Waals surface area contributed by atoms with E-state index in [4.69, 9.17) is 17.3 Å². The average molecular weight is 268 g/mol. The van der Waals surface area contributed by atoms with Crippen LogP contribution >= 0.6 is 11.6 Å². The van der Waals surface area contributed by atoms with Crippen LogP contribution in [-0.2, 0) is 13.0 Å². The maximum absolute atomic E-state index is 10.1. The smallest absolute Gasteiger partial charge is 0.112 e. The quantitative estimate of drug-likeness (QED) is 0.890. The van der Waals surface area contributed by atoms with E-state index in [0.29, 0.717) is 11.4 Å². The minimum absolute atomic E-state index is 0.209. The molecule has 5 heteroatoms. The number of nitrogens with two attached hydrogens (primary N) is 1. The highest BCUT2D eigenvalue weighted by Gasteiger charge is 2.22. The Morgan fingerprint density at radius 2 is 2.22 bits per heavy atom. The number of fused-ring (bicyclic) bond motifs is 1. The third-order valence-electron chi connectivity index (χ3n) is 3.08. The highest BCUT2D eigenvalue weighted by Crippen LogP contribution is 2.22. The van der Waals surface area contributed by atoms with Gasteiger partial charge < -0.3 is 15.4 Å². The van der Waals surface area contributed by atoms with Gasteiger partial charge in [-0.15, -0.1) is 0 Å². The van der Waals surface area contributed by atoms with Crippen molar-refractivity contribution in [3.05, 3.63) is 29.0 Å². The van der Waals surface area contributed by atoms with Crippen molar-refractivity contribution >= 4 is 22.6 Å². The van der Waals surface area contributed by atoms with Gasteiger partial charge in [-0.05, 0) is 32.0 Å². The summed E-state index contributed by atoms with van der Waals surface area (Å²) in [6.45, 7) is 4.78. The van der Waals surface area contributed by atoms with Crippen LogP contribution in [0.3, 0.4) is 0 Å². The van der Waals surface area contributed by atoms with E-state index in [1.807, 2.05) is 18.2 Å². The maximum Gasteiger partial charge on any atom is 0.112 e. The molecule has 2 aromatic rings. The van der Waals surface area contributed by atoms with Crippen molar-refractivity contribution in [3.63, 3.8) is 0 Å². The summed E-state index contributed by atoms with van der Waals surface area (Å²) in [6, 6.07) is 5.64. The number of hydrogen-bond acceptors (Lipinski definition) is 3. The maximum atomic E-state index is 10.1. The van der Waals surface area contributed by atoms with Crippen molar-refractivity contribution in [2.45, 2.75) is 32.4 Å². The van der Waals surface area contributed by atoms with Crippen molar-refractivity contribution in [2.75, 3.05) is 6.54 Å². The predicted octanol–water partition coefficient (Wildman–Crippen LogP) is 1.96. The van der Waals surface area contributed by atoms with Gasteiger partial charge in [0.25, 0.3) is 0 Å². The molecule has 0 saturated carbocycles. The van der Waals surface area contributed by atoms with Crippen LogP contribution < -0.4 is 5.73 Å². The van der Waals surface area contributed by atoms with Crippen molar-refractivity contribution in [3.8, 4) is 0 Å². The van der Waals surface area contributed by atoms with Crippen molar-refractivity contribution in [1.29, 1.82) is 0 Å². The Hall–Kier alpha value is -1.10. The van der Waals surface area contributed by atoms with Gasteiger partial charge >= 0.3 is 0 Å². The van der Waals surface area contributed by atoms with E-state index in [1.165, 1.54) is 0 Å². The summed E-state index contributed by atoms with van der Waals surface area (Å²) in [4.78, 5) is 4.54. The first-order valence-electron chi connectivity index (χ1n) is 6.04. The van der Waals surface area contributed by atoms with Gasteiger partial charge in [0.2, 0.25) is 0 Å². The van der Waals surface area contributed by atoms with Crippen LogP contribution in [0, 0.1) is 0 Å². The lowest BCUT2D eigenvalue weighted by atomic mass is 10.0. The van der Waals surface area contributed by atoms with E-state index >= 15 is 0 Å². The number of benzene rings is 1.